The molecule has 0 aliphatic heterocycles. The van der Waals surface area contributed by atoms with Crippen LogP contribution in [-0.2, 0) is 0 Å². The Labute approximate surface area is 139 Å². The second-order valence-corrected chi connectivity index (χ2v) is 6.54. The number of aryl methyl sites for hydroxylation is 2. The van der Waals surface area contributed by atoms with Crippen molar-refractivity contribution in [2.24, 2.45) is 0 Å². The first kappa shape index (κ1) is 15.6. The van der Waals surface area contributed by atoms with Crippen molar-refractivity contribution in [3.63, 3.8) is 0 Å². The van der Waals surface area contributed by atoms with Crippen LogP contribution in [0.4, 0.5) is 0 Å². The van der Waals surface area contributed by atoms with Crippen LogP contribution in [0, 0.1) is 13.8 Å². The number of fused-ring (bicyclic) bond motifs is 1. The number of hydrogen-bond acceptors (Lipinski definition) is 0. The molecule has 0 radical (unpaired) electrons. The molecule has 0 amide bonds. The Kier molecular flexibility index (Phi) is 4.34. The van der Waals surface area contributed by atoms with Gasteiger partial charge in [-0.25, -0.2) is 0 Å². The molecular weight excluding hydrogens is 276 g/mol. The minimum absolute atomic E-state index is 0.474. The molecule has 0 aliphatic carbocycles. The van der Waals surface area contributed by atoms with Crippen molar-refractivity contribution in [3.05, 3.63) is 89.5 Å². The lowest BCUT2D eigenvalue weighted by molar-refractivity contribution is 0.785. The van der Waals surface area contributed by atoms with Gasteiger partial charge in [-0.1, -0.05) is 74.2 Å². The zero-order chi connectivity index (χ0) is 16.4. The second-order valence-electron chi connectivity index (χ2n) is 6.54. The Bertz CT molecular complexity index is 855. The maximum Gasteiger partial charge on any atom is -0.0106 e. The topological polar surface area (TPSA) is 0 Å². The standard InChI is InChI=1S/C23H24/c1-16-9-5-7-11-21(16)18(3)15-19(4)23-17(2)13-14-20-10-6-8-12-22(20)23/h5-14,18H,4,15H2,1-3H3. The zero-order valence-corrected chi connectivity index (χ0v) is 14.3. The van der Waals surface area contributed by atoms with E-state index in [2.05, 4.69) is 88.0 Å². The summed E-state index contributed by atoms with van der Waals surface area (Å²) >= 11 is 0. The molecule has 3 aromatic carbocycles. The highest BCUT2D eigenvalue weighted by molar-refractivity contribution is 5.94. The van der Waals surface area contributed by atoms with Crippen LogP contribution in [0.25, 0.3) is 16.3 Å². The summed E-state index contributed by atoms with van der Waals surface area (Å²) in [5.41, 5.74) is 6.65. The summed E-state index contributed by atoms with van der Waals surface area (Å²) in [5.74, 6) is 0.474. The third-order valence-electron chi connectivity index (χ3n) is 4.76. The first-order chi connectivity index (χ1) is 11.1. The van der Waals surface area contributed by atoms with E-state index in [0.717, 1.165) is 6.42 Å². The van der Waals surface area contributed by atoms with Crippen LogP contribution < -0.4 is 0 Å². The summed E-state index contributed by atoms with van der Waals surface area (Å²) in [6.07, 6.45) is 0.986. The summed E-state index contributed by atoms with van der Waals surface area (Å²) in [6.45, 7) is 11.1. The molecule has 0 saturated heterocycles. The molecule has 0 heterocycles. The third kappa shape index (κ3) is 3.07. The second kappa shape index (κ2) is 6.42. The maximum atomic E-state index is 4.43. The van der Waals surface area contributed by atoms with Gasteiger partial charge in [0, 0.05) is 0 Å². The summed E-state index contributed by atoms with van der Waals surface area (Å²) in [6, 6.07) is 21.7. The van der Waals surface area contributed by atoms with Crippen LogP contribution in [0.5, 0.6) is 0 Å². The van der Waals surface area contributed by atoms with Crippen molar-refractivity contribution in [3.8, 4) is 0 Å². The average Bonchev–Trinajstić information content (AvgIpc) is 2.54. The Balaban J connectivity index is 1.95. The third-order valence-corrected chi connectivity index (χ3v) is 4.76. The predicted molar refractivity (Wildman–Crippen MR) is 102 cm³/mol. The van der Waals surface area contributed by atoms with Crippen molar-refractivity contribution in [2.45, 2.75) is 33.1 Å². The molecule has 0 aliphatic rings. The van der Waals surface area contributed by atoms with Crippen LogP contribution in [0.15, 0.2) is 67.2 Å². The molecule has 23 heavy (non-hydrogen) atoms. The van der Waals surface area contributed by atoms with Crippen LogP contribution in [-0.4, -0.2) is 0 Å². The Morgan fingerprint density at radius 3 is 2.35 bits per heavy atom. The van der Waals surface area contributed by atoms with Crippen molar-refractivity contribution >= 4 is 16.3 Å². The molecule has 0 aromatic heterocycles. The van der Waals surface area contributed by atoms with Gasteiger partial charge in [-0.15, -0.1) is 0 Å². The molecule has 0 N–H and O–H groups in total. The van der Waals surface area contributed by atoms with E-state index in [9.17, 15) is 0 Å². The van der Waals surface area contributed by atoms with Gasteiger partial charge in [-0.05, 0) is 64.8 Å². The number of rotatable bonds is 4. The molecular formula is C23H24. The largest absolute Gasteiger partial charge is 0.0952 e. The smallest absolute Gasteiger partial charge is 0.0106 e. The van der Waals surface area contributed by atoms with E-state index in [-0.39, 0.29) is 0 Å². The van der Waals surface area contributed by atoms with Crippen LogP contribution in [0.3, 0.4) is 0 Å². The molecule has 1 unspecified atom stereocenters. The van der Waals surface area contributed by atoms with Gasteiger partial charge in [0.25, 0.3) is 0 Å². The SMILES string of the molecule is C=C(CC(C)c1ccccc1C)c1c(C)ccc2ccccc12. The lowest BCUT2D eigenvalue weighted by atomic mass is 9.86. The van der Waals surface area contributed by atoms with E-state index in [4.69, 9.17) is 0 Å². The van der Waals surface area contributed by atoms with Gasteiger partial charge in [0.1, 0.15) is 0 Å². The van der Waals surface area contributed by atoms with Gasteiger partial charge in [0.2, 0.25) is 0 Å². The minimum Gasteiger partial charge on any atom is -0.0952 e. The summed E-state index contributed by atoms with van der Waals surface area (Å²) in [4.78, 5) is 0. The molecule has 0 fully saturated rings. The summed E-state index contributed by atoms with van der Waals surface area (Å²) < 4.78 is 0. The quantitative estimate of drug-likeness (QED) is 0.505. The minimum atomic E-state index is 0.474. The molecule has 0 nitrogen and oxygen atoms in total. The first-order valence-electron chi connectivity index (χ1n) is 8.30. The highest BCUT2D eigenvalue weighted by atomic mass is 14.2. The van der Waals surface area contributed by atoms with E-state index in [1.807, 2.05) is 0 Å². The zero-order valence-electron chi connectivity index (χ0n) is 14.3. The summed E-state index contributed by atoms with van der Waals surface area (Å²) in [5, 5.41) is 2.60. The van der Waals surface area contributed by atoms with Gasteiger partial charge in [0.05, 0.1) is 0 Å². The Hall–Kier alpha value is -2.34. The molecule has 0 saturated carbocycles. The summed E-state index contributed by atoms with van der Waals surface area (Å²) in [7, 11) is 0. The van der Waals surface area contributed by atoms with Crippen molar-refractivity contribution in [2.75, 3.05) is 0 Å². The van der Waals surface area contributed by atoms with Crippen LogP contribution in [0.1, 0.15) is 41.5 Å². The highest BCUT2D eigenvalue weighted by Gasteiger charge is 2.14. The highest BCUT2D eigenvalue weighted by Crippen LogP contribution is 2.34. The number of benzene rings is 3. The Morgan fingerprint density at radius 1 is 0.870 bits per heavy atom. The van der Waals surface area contributed by atoms with Crippen molar-refractivity contribution in [1.82, 2.24) is 0 Å². The van der Waals surface area contributed by atoms with Gasteiger partial charge in [-0.2, -0.15) is 0 Å². The normalized spacial score (nSPS) is 12.3. The van der Waals surface area contributed by atoms with Gasteiger partial charge < -0.3 is 0 Å². The number of hydrogen-bond donors (Lipinski definition) is 0. The predicted octanol–water partition coefficient (Wildman–Crippen LogP) is 6.66. The molecule has 116 valence electrons. The lowest BCUT2D eigenvalue weighted by Crippen LogP contribution is -1.99. The van der Waals surface area contributed by atoms with E-state index in [0.29, 0.717) is 5.92 Å². The van der Waals surface area contributed by atoms with Gasteiger partial charge >= 0.3 is 0 Å². The fraction of sp³-hybridized carbons (Fsp3) is 0.217. The average molecular weight is 300 g/mol. The van der Waals surface area contributed by atoms with Crippen molar-refractivity contribution in [1.29, 1.82) is 0 Å². The fourth-order valence-electron chi connectivity index (χ4n) is 3.57. The monoisotopic (exact) mass is 300 g/mol. The molecule has 0 bridgehead atoms. The number of allylic oxidation sites excluding steroid dienone is 1. The maximum absolute atomic E-state index is 4.43. The van der Waals surface area contributed by atoms with E-state index in [1.165, 1.54) is 38.6 Å². The molecule has 1 atom stereocenters. The van der Waals surface area contributed by atoms with E-state index < -0.39 is 0 Å². The van der Waals surface area contributed by atoms with Gasteiger partial charge in [0.15, 0.2) is 0 Å². The molecule has 0 spiro atoms. The molecule has 3 aromatic rings. The fourth-order valence-corrected chi connectivity index (χ4v) is 3.57. The van der Waals surface area contributed by atoms with Gasteiger partial charge in [-0.3, -0.25) is 0 Å². The Morgan fingerprint density at radius 2 is 1.57 bits per heavy atom. The lowest BCUT2D eigenvalue weighted by Gasteiger charge is -2.19. The van der Waals surface area contributed by atoms with E-state index >= 15 is 0 Å². The first-order valence-corrected chi connectivity index (χ1v) is 8.30. The van der Waals surface area contributed by atoms with Crippen LogP contribution >= 0.6 is 0 Å². The van der Waals surface area contributed by atoms with Crippen molar-refractivity contribution < 1.29 is 0 Å². The molecule has 0 heteroatoms. The van der Waals surface area contributed by atoms with Crippen LogP contribution in [0.2, 0.25) is 0 Å². The van der Waals surface area contributed by atoms with E-state index in [1.54, 1.807) is 0 Å². The molecule has 3 rings (SSSR count).